The van der Waals surface area contributed by atoms with Crippen molar-refractivity contribution in [2.45, 2.75) is 25.8 Å². The molecule has 18 heavy (non-hydrogen) atoms. The van der Waals surface area contributed by atoms with Gasteiger partial charge in [-0.3, -0.25) is 9.59 Å². The molecule has 1 amide bonds. The number of carbonyl (C=O) groups is 2. The lowest BCUT2D eigenvalue weighted by Crippen LogP contribution is -2.38. The second-order valence-electron chi connectivity index (χ2n) is 4.54. The summed E-state index contributed by atoms with van der Waals surface area (Å²) in [5.74, 6) is 0.00511. The second-order valence-corrected chi connectivity index (χ2v) is 4.54. The molecule has 2 rings (SSSR count). The highest BCUT2D eigenvalue weighted by Gasteiger charge is 2.30. The maximum Gasteiger partial charge on any atom is 0.247 e. The Morgan fingerprint density at radius 2 is 2.00 bits per heavy atom. The van der Waals surface area contributed by atoms with Crippen LogP contribution in [0.3, 0.4) is 0 Å². The van der Waals surface area contributed by atoms with Crippen molar-refractivity contribution < 1.29 is 9.59 Å². The Morgan fingerprint density at radius 3 is 2.67 bits per heavy atom. The first-order valence-corrected chi connectivity index (χ1v) is 6.22. The van der Waals surface area contributed by atoms with Crippen LogP contribution in [0.25, 0.3) is 6.08 Å². The molecule has 0 bridgehead atoms. The molecular formula is C15H17NO2. The summed E-state index contributed by atoms with van der Waals surface area (Å²) in [5.41, 5.74) is 0.990. The monoisotopic (exact) mass is 243 g/mol. The van der Waals surface area contributed by atoms with E-state index in [-0.39, 0.29) is 17.7 Å². The molecule has 0 aliphatic carbocycles. The van der Waals surface area contributed by atoms with E-state index in [1.54, 1.807) is 24.0 Å². The summed E-state index contributed by atoms with van der Waals surface area (Å²) < 4.78 is 0. The molecule has 1 unspecified atom stereocenters. The fourth-order valence-electron chi connectivity index (χ4n) is 2.28. The minimum Gasteiger partial charge on any atom is -0.329 e. The molecule has 1 fully saturated rings. The number of Topliss-reactive ketones (excluding diaryl/α,β-unsaturated/α-hetero) is 1. The van der Waals surface area contributed by atoms with Crippen LogP contribution in [-0.2, 0) is 9.59 Å². The summed E-state index contributed by atoms with van der Waals surface area (Å²) in [4.78, 5) is 25.1. The number of hydrogen-bond acceptors (Lipinski definition) is 2. The molecular weight excluding hydrogens is 226 g/mol. The van der Waals surface area contributed by atoms with E-state index in [1.165, 1.54) is 0 Å². The molecule has 1 heterocycles. The van der Waals surface area contributed by atoms with Gasteiger partial charge >= 0.3 is 0 Å². The molecule has 1 aliphatic rings. The van der Waals surface area contributed by atoms with Gasteiger partial charge in [-0.15, -0.1) is 0 Å². The van der Waals surface area contributed by atoms with Crippen molar-refractivity contribution >= 4 is 17.8 Å². The van der Waals surface area contributed by atoms with E-state index in [4.69, 9.17) is 0 Å². The highest BCUT2D eigenvalue weighted by Crippen LogP contribution is 2.18. The first kappa shape index (κ1) is 12.6. The number of benzene rings is 1. The molecule has 0 radical (unpaired) electrons. The van der Waals surface area contributed by atoms with Crippen LogP contribution in [0.15, 0.2) is 36.4 Å². The van der Waals surface area contributed by atoms with Gasteiger partial charge in [0.05, 0.1) is 6.04 Å². The van der Waals surface area contributed by atoms with E-state index in [1.807, 2.05) is 30.3 Å². The van der Waals surface area contributed by atoms with Crippen LogP contribution in [-0.4, -0.2) is 29.2 Å². The van der Waals surface area contributed by atoms with Crippen molar-refractivity contribution in [3.05, 3.63) is 42.0 Å². The van der Waals surface area contributed by atoms with Gasteiger partial charge < -0.3 is 4.90 Å². The van der Waals surface area contributed by atoms with Crippen LogP contribution in [0.1, 0.15) is 25.3 Å². The number of carbonyl (C=O) groups excluding carboxylic acids is 2. The summed E-state index contributed by atoms with van der Waals surface area (Å²) in [7, 11) is 0. The maximum absolute atomic E-state index is 12.0. The maximum atomic E-state index is 12.0. The van der Waals surface area contributed by atoms with Crippen molar-refractivity contribution in [1.29, 1.82) is 0 Å². The van der Waals surface area contributed by atoms with E-state index in [2.05, 4.69) is 0 Å². The van der Waals surface area contributed by atoms with Crippen molar-refractivity contribution in [3.8, 4) is 0 Å². The van der Waals surface area contributed by atoms with E-state index < -0.39 is 0 Å². The summed E-state index contributed by atoms with van der Waals surface area (Å²) in [6, 6.07) is 9.45. The smallest absolute Gasteiger partial charge is 0.247 e. The highest BCUT2D eigenvalue weighted by molar-refractivity contribution is 5.95. The van der Waals surface area contributed by atoms with E-state index in [0.717, 1.165) is 18.4 Å². The molecule has 1 saturated heterocycles. The van der Waals surface area contributed by atoms with Gasteiger partial charge in [0.2, 0.25) is 5.91 Å². The summed E-state index contributed by atoms with van der Waals surface area (Å²) >= 11 is 0. The topological polar surface area (TPSA) is 37.4 Å². The largest absolute Gasteiger partial charge is 0.329 e. The fourth-order valence-corrected chi connectivity index (χ4v) is 2.28. The van der Waals surface area contributed by atoms with Gasteiger partial charge in [0.1, 0.15) is 0 Å². The van der Waals surface area contributed by atoms with Crippen molar-refractivity contribution in [1.82, 2.24) is 4.90 Å². The number of likely N-dealkylation sites (tertiary alicyclic amines) is 1. The molecule has 3 heteroatoms. The summed E-state index contributed by atoms with van der Waals surface area (Å²) in [5, 5.41) is 0. The van der Waals surface area contributed by atoms with Crippen molar-refractivity contribution in [3.63, 3.8) is 0 Å². The van der Waals surface area contributed by atoms with Gasteiger partial charge in [0.25, 0.3) is 0 Å². The lowest BCUT2D eigenvalue weighted by atomic mass is 10.1. The molecule has 0 spiro atoms. The minimum absolute atomic E-state index is 0.0726. The van der Waals surface area contributed by atoms with Crippen LogP contribution in [0.4, 0.5) is 0 Å². The molecule has 0 saturated carbocycles. The molecule has 1 aromatic carbocycles. The Labute approximate surface area is 107 Å². The Hall–Kier alpha value is -1.90. The molecule has 1 aliphatic heterocycles. The molecule has 3 nitrogen and oxygen atoms in total. The van der Waals surface area contributed by atoms with Crippen LogP contribution in [0, 0.1) is 0 Å². The Morgan fingerprint density at radius 1 is 1.28 bits per heavy atom. The molecule has 0 aromatic heterocycles. The number of rotatable bonds is 3. The zero-order valence-electron chi connectivity index (χ0n) is 10.5. The standard InChI is InChI=1S/C15H17NO2/c1-12(17)14-8-5-11-16(14)15(18)10-9-13-6-3-2-4-7-13/h2-4,6-7,9-10,14H,5,8,11H2,1H3/b10-9+. The average molecular weight is 243 g/mol. The van der Waals surface area contributed by atoms with Gasteiger partial charge in [-0.2, -0.15) is 0 Å². The Bertz CT molecular complexity index is 465. The van der Waals surface area contributed by atoms with E-state index >= 15 is 0 Å². The van der Waals surface area contributed by atoms with Crippen molar-refractivity contribution in [2.75, 3.05) is 6.54 Å². The van der Waals surface area contributed by atoms with Crippen molar-refractivity contribution in [2.24, 2.45) is 0 Å². The fraction of sp³-hybridized carbons (Fsp3) is 0.333. The molecule has 0 N–H and O–H groups in total. The van der Waals surface area contributed by atoms with Crippen LogP contribution in [0.5, 0.6) is 0 Å². The third-order valence-electron chi connectivity index (χ3n) is 3.22. The predicted octanol–water partition coefficient (Wildman–Crippen LogP) is 2.28. The SMILES string of the molecule is CC(=O)C1CCCN1C(=O)/C=C/c1ccccc1. The van der Waals surface area contributed by atoms with Gasteiger partial charge in [-0.25, -0.2) is 0 Å². The van der Waals surface area contributed by atoms with E-state index in [0.29, 0.717) is 6.54 Å². The molecule has 1 aromatic rings. The third kappa shape index (κ3) is 2.86. The third-order valence-corrected chi connectivity index (χ3v) is 3.22. The molecule has 94 valence electrons. The first-order chi connectivity index (χ1) is 8.68. The Kier molecular flexibility index (Phi) is 3.92. The van der Waals surface area contributed by atoms with Gasteiger partial charge in [0.15, 0.2) is 5.78 Å². The van der Waals surface area contributed by atoms with Gasteiger partial charge in [-0.1, -0.05) is 30.3 Å². The normalized spacial score (nSPS) is 19.4. The van der Waals surface area contributed by atoms with Gasteiger partial charge in [0, 0.05) is 12.6 Å². The average Bonchev–Trinajstić information content (AvgIpc) is 2.86. The number of amides is 1. The van der Waals surface area contributed by atoms with Crippen LogP contribution < -0.4 is 0 Å². The van der Waals surface area contributed by atoms with Crippen LogP contribution >= 0.6 is 0 Å². The second kappa shape index (κ2) is 5.63. The Balaban J connectivity index is 2.04. The quantitative estimate of drug-likeness (QED) is 0.764. The number of nitrogens with zero attached hydrogens (tertiary/aromatic N) is 1. The summed E-state index contributed by atoms with van der Waals surface area (Å²) in [6.45, 7) is 2.24. The van der Waals surface area contributed by atoms with Gasteiger partial charge in [-0.05, 0) is 31.4 Å². The highest BCUT2D eigenvalue weighted by atomic mass is 16.2. The summed E-state index contributed by atoms with van der Waals surface area (Å²) in [6.07, 6.45) is 5.05. The molecule has 1 atom stereocenters. The first-order valence-electron chi connectivity index (χ1n) is 6.22. The lowest BCUT2D eigenvalue weighted by molar-refractivity contribution is -0.133. The number of hydrogen-bond donors (Lipinski definition) is 0. The minimum atomic E-state index is -0.224. The van der Waals surface area contributed by atoms with Crippen LogP contribution in [0.2, 0.25) is 0 Å². The predicted molar refractivity (Wildman–Crippen MR) is 70.9 cm³/mol. The number of ketones is 1. The van der Waals surface area contributed by atoms with E-state index in [9.17, 15) is 9.59 Å². The lowest BCUT2D eigenvalue weighted by Gasteiger charge is -2.20. The zero-order chi connectivity index (χ0) is 13.0. The zero-order valence-corrected chi connectivity index (χ0v) is 10.5.